The Balaban J connectivity index is 2.03. The Morgan fingerprint density at radius 1 is 1.22 bits per heavy atom. The van der Waals surface area contributed by atoms with Crippen molar-refractivity contribution in [3.8, 4) is 0 Å². The smallest absolute Gasteiger partial charge is 0.307 e. The minimum atomic E-state index is -0.321. The number of nitrogens with zero attached hydrogens (tertiary/aromatic N) is 1. The first-order valence-corrected chi connectivity index (χ1v) is 6.19. The summed E-state index contributed by atoms with van der Waals surface area (Å²) in [5, 5.41) is 5.40. The van der Waals surface area contributed by atoms with Gasteiger partial charge < -0.3 is 5.32 Å². The van der Waals surface area contributed by atoms with Gasteiger partial charge in [0.15, 0.2) is 0 Å². The summed E-state index contributed by atoms with van der Waals surface area (Å²) in [6, 6.07) is 10.7. The lowest BCUT2D eigenvalue weighted by Crippen LogP contribution is -2.20. The van der Waals surface area contributed by atoms with E-state index in [9.17, 15) is 4.79 Å². The molecular weight excluding hydrogens is 294 g/mol. The number of aryl methyl sites for hydroxylation is 1. The molecule has 4 nitrogen and oxygen atoms in total. The summed E-state index contributed by atoms with van der Waals surface area (Å²) in [6.45, 7) is 1.99. The molecule has 0 bridgehead atoms. The fourth-order valence-electron chi connectivity index (χ4n) is 1.43. The zero-order valence-electron chi connectivity index (χ0n) is 9.77. The standard InChI is InChI=1S/C13H12BrN3O/c1-9-5-6-11(10(14)8-9)16-13(18)17-12-4-2-3-7-15-12/h2-8H,1H3,(H2,15,16,17,18). The molecule has 0 atom stereocenters. The van der Waals surface area contributed by atoms with Gasteiger partial charge in [0.05, 0.1) is 5.69 Å². The third kappa shape index (κ3) is 3.30. The summed E-state index contributed by atoms with van der Waals surface area (Å²) < 4.78 is 0.846. The molecular formula is C13H12BrN3O. The molecule has 0 saturated heterocycles. The highest BCUT2D eigenvalue weighted by Crippen LogP contribution is 2.23. The van der Waals surface area contributed by atoms with Gasteiger partial charge in [-0.25, -0.2) is 9.78 Å². The van der Waals surface area contributed by atoms with Crippen LogP contribution in [0.3, 0.4) is 0 Å². The van der Waals surface area contributed by atoms with Crippen molar-refractivity contribution in [3.63, 3.8) is 0 Å². The second-order valence-corrected chi connectivity index (χ2v) is 4.63. The van der Waals surface area contributed by atoms with E-state index in [0.717, 1.165) is 10.0 Å². The largest absolute Gasteiger partial charge is 0.324 e. The van der Waals surface area contributed by atoms with E-state index in [0.29, 0.717) is 11.5 Å². The quantitative estimate of drug-likeness (QED) is 0.886. The number of anilines is 2. The minimum absolute atomic E-state index is 0.321. The minimum Gasteiger partial charge on any atom is -0.307 e. The normalized spacial score (nSPS) is 9.89. The average Bonchev–Trinajstić information content (AvgIpc) is 2.34. The predicted molar refractivity (Wildman–Crippen MR) is 75.8 cm³/mol. The van der Waals surface area contributed by atoms with Crippen LogP contribution in [0.4, 0.5) is 16.3 Å². The Kier molecular flexibility index (Phi) is 3.94. The average molecular weight is 306 g/mol. The molecule has 18 heavy (non-hydrogen) atoms. The van der Waals surface area contributed by atoms with Gasteiger partial charge in [0, 0.05) is 10.7 Å². The van der Waals surface area contributed by atoms with E-state index < -0.39 is 0 Å². The van der Waals surface area contributed by atoms with Crippen molar-refractivity contribution in [1.82, 2.24) is 4.98 Å². The van der Waals surface area contributed by atoms with Crippen LogP contribution < -0.4 is 10.6 Å². The van der Waals surface area contributed by atoms with Crippen LogP contribution in [-0.4, -0.2) is 11.0 Å². The molecule has 5 heteroatoms. The Morgan fingerprint density at radius 3 is 2.72 bits per heavy atom. The highest BCUT2D eigenvalue weighted by Gasteiger charge is 2.05. The fraction of sp³-hybridized carbons (Fsp3) is 0.0769. The molecule has 92 valence electrons. The maximum Gasteiger partial charge on any atom is 0.324 e. The Morgan fingerprint density at radius 2 is 2.06 bits per heavy atom. The van der Waals surface area contributed by atoms with Crippen LogP contribution in [0.2, 0.25) is 0 Å². The first kappa shape index (κ1) is 12.6. The SMILES string of the molecule is Cc1ccc(NC(=O)Nc2ccccn2)c(Br)c1. The van der Waals surface area contributed by atoms with Crippen LogP contribution in [0.5, 0.6) is 0 Å². The number of amides is 2. The molecule has 1 heterocycles. The van der Waals surface area contributed by atoms with Crippen molar-refractivity contribution in [2.45, 2.75) is 6.92 Å². The van der Waals surface area contributed by atoms with E-state index in [2.05, 4.69) is 31.5 Å². The number of nitrogens with one attached hydrogen (secondary N) is 2. The molecule has 0 radical (unpaired) electrons. The van der Waals surface area contributed by atoms with E-state index >= 15 is 0 Å². The fourth-order valence-corrected chi connectivity index (χ4v) is 2.02. The van der Waals surface area contributed by atoms with Gasteiger partial charge in [-0.15, -0.1) is 0 Å². The number of pyridine rings is 1. The molecule has 0 aliphatic rings. The van der Waals surface area contributed by atoms with Gasteiger partial charge in [-0.2, -0.15) is 0 Å². The van der Waals surface area contributed by atoms with Crippen molar-refractivity contribution in [3.05, 3.63) is 52.6 Å². The molecule has 0 aliphatic carbocycles. The molecule has 2 rings (SSSR count). The first-order chi connectivity index (χ1) is 8.65. The van der Waals surface area contributed by atoms with Crippen molar-refractivity contribution >= 4 is 33.5 Å². The Bertz CT molecular complexity index is 557. The third-order valence-electron chi connectivity index (χ3n) is 2.28. The number of aromatic nitrogens is 1. The summed E-state index contributed by atoms with van der Waals surface area (Å²) in [5.74, 6) is 0.512. The number of hydrogen-bond donors (Lipinski definition) is 2. The topological polar surface area (TPSA) is 54.0 Å². The number of carbonyl (C=O) groups excluding carboxylic acids is 1. The van der Waals surface area contributed by atoms with Crippen molar-refractivity contribution in [2.24, 2.45) is 0 Å². The highest BCUT2D eigenvalue weighted by atomic mass is 79.9. The molecule has 2 aromatic rings. The van der Waals surface area contributed by atoms with Gasteiger partial charge in [0.2, 0.25) is 0 Å². The lowest BCUT2D eigenvalue weighted by Gasteiger charge is -2.09. The van der Waals surface area contributed by atoms with Gasteiger partial charge in [0.1, 0.15) is 5.82 Å². The van der Waals surface area contributed by atoms with E-state index in [1.807, 2.05) is 31.2 Å². The molecule has 1 aromatic heterocycles. The number of halogens is 1. The predicted octanol–water partition coefficient (Wildman–Crippen LogP) is 3.80. The Labute approximate surface area is 114 Å². The first-order valence-electron chi connectivity index (χ1n) is 5.40. The van der Waals surface area contributed by atoms with Crippen LogP contribution in [0, 0.1) is 6.92 Å². The van der Waals surface area contributed by atoms with Crippen LogP contribution in [0.15, 0.2) is 47.1 Å². The highest BCUT2D eigenvalue weighted by molar-refractivity contribution is 9.10. The van der Waals surface area contributed by atoms with E-state index in [1.54, 1.807) is 18.3 Å². The lowest BCUT2D eigenvalue weighted by molar-refractivity contribution is 0.262. The van der Waals surface area contributed by atoms with Crippen molar-refractivity contribution < 1.29 is 4.79 Å². The summed E-state index contributed by atoms with van der Waals surface area (Å²) in [5.41, 5.74) is 1.84. The maximum atomic E-state index is 11.7. The molecule has 0 saturated carbocycles. The maximum absolute atomic E-state index is 11.7. The second-order valence-electron chi connectivity index (χ2n) is 3.78. The van der Waals surface area contributed by atoms with Crippen LogP contribution in [0.25, 0.3) is 0 Å². The number of urea groups is 1. The number of benzene rings is 1. The molecule has 2 amide bonds. The van der Waals surface area contributed by atoms with Gasteiger partial charge in [-0.05, 0) is 52.7 Å². The summed E-state index contributed by atoms with van der Waals surface area (Å²) in [6.07, 6.45) is 1.62. The molecule has 0 aliphatic heterocycles. The van der Waals surface area contributed by atoms with E-state index in [4.69, 9.17) is 0 Å². The Hall–Kier alpha value is -1.88. The molecule has 2 N–H and O–H groups in total. The van der Waals surface area contributed by atoms with Crippen LogP contribution in [0.1, 0.15) is 5.56 Å². The number of rotatable bonds is 2. The van der Waals surface area contributed by atoms with Gasteiger partial charge in [-0.3, -0.25) is 5.32 Å². The van der Waals surface area contributed by atoms with E-state index in [1.165, 1.54) is 0 Å². The monoisotopic (exact) mass is 305 g/mol. The zero-order valence-corrected chi connectivity index (χ0v) is 11.4. The third-order valence-corrected chi connectivity index (χ3v) is 2.94. The van der Waals surface area contributed by atoms with E-state index in [-0.39, 0.29) is 6.03 Å². The molecule has 0 spiro atoms. The van der Waals surface area contributed by atoms with Crippen molar-refractivity contribution in [2.75, 3.05) is 10.6 Å². The van der Waals surface area contributed by atoms with Crippen molar-refractivity contribution in [1.29, 1.82) is 0 Å². The van der Waals surface area contributed by atoms with Crippen LogP contribution in [-0.2, 0) is 0 Å². The second kappa shape index (κ2) is 5.64. The lowest BCUT2D eigenvalue weighted by atomic mass is 10.2. The molecule has 1 aromatic carbocycles. The molecule has 0 unspecified atom stereocenters. The summed E-state index contributed by atoms with van der Waals surface area (Å²) in [7, 11) is 0. The number of carbonyl (C=O) groups is 1. The van der Waals surface area contributed by atoms with Crippen LogP contribution >= 0.6 is 15.9 Å². The summed E-state index contributed by atoms with van der Waals surface area (Å²) >= 11 is 3.40. The zero-order chi connectivity index (χ0) is 13.0. The van der Waals surface area contributed by atoms with Gasteiger partial charge in [-0.1, -0.05) is 12.1 Å². The summed E-state index contributed by atoms with van der Waals surface area (Å²) in [4.78, 5) is 15.7. The molecule has 0 fully saturated rings. The van der Waals surface area contributed by atoms with Gasteiger partial charge in [0.25, 0.3) is 0 Å². The number of hydrogen-bond acceptors (Lipinski definition) is 2. The van der Waals surface area contributed by atoms with Gasteiger partial charge >= 0.3 is 6.03 Å².